The van der Waals surface area contributed by atoms with Gasteiger partial charge in [0, 0.05) is 21.9 Å². The van der Waals surface area contributed by atoms with Gasteiger partial charge in [-0.15, -0.1) is 11.3 Å². The van der Waals surface area contributed by atoms with Gasteiger partial charge in [-0.2, -0.15) is 8.78 Å². The molecule has 0 fully saturated rings. The monoisotopic (exact) mass is 395 g/mol. The number of ether oxygens (including phenoxy) is 1. The molecule has 0 saturated carbocycles. The highest BCUT2D eigenvalue weighted by Crippen LogP contribution is 2.32. The predicted octanol–water partition coefficient (Wildman–Crippen LogP) is 5.62. The van der Waals surface area contributed by atoms with Crippen molar-refractivity contribution < 1.29 is 13.5 Å². The summed E-state index contributed by atoms with van der Waals surface area (Å²) >= 11 is 10.8. The highest BCUT2D eigenvalue weighted by atomic mass is 79.9. The Kier molecular flexibility index (Phi) is 5.98. The first-order chi connectivity index (χ1) is 9.95. The van der Waals surface area contributed by atoms with Gasteiger partial charge >= 0.3 is 6.61 Å². The third kappa shape index (κ3) is 4.92. The minimum Gasteiger partial charge on any atom is -0.435 e. The first-order valence-electron chi connectivity index (χ1n) is 6.17. The van der Waals surface area contributed by atoms with E-state index in [0.717, 1.165) is 14.9 Å². The number of nitrogens with one attached hydrogen (secondary N) is 1. The standard InChI is InChI=1S/C14H13BrClF2NOS/c1-8(19-7-11-6-12(15)13(16)21-11)9-3-2-4-10(5-9)20-14(17)18/h2-6,8,14,19H,7H2,1H3. The van der Waals surface area contributed by atoms with E-state index >= 15 is 0 Å². The van der Waals surface area contributed by atoms with Crippen molar-refractivity contribution in [1.82, 2.24) is 5.32 Å². The summed E-state index contributed by atoms with van der Waals surface area (Å²) in [4.78, 5) is 1.10. The molecule has 0 amide bonds. The van der Waals surface area contributed by atoms with E-state index in [1.165, 1.54) is 17.4 Å². The number of hydrogen-bond donors (Lipinski definition) is 1. The molecule has 0 spiro atoms. The van der Waals surface area contributed by atoms with Crippen LogP contribution in [0, 0.1) is 0 Å². The molecule has 1 aromatic carbocycles. The molecule has 0 saturated heterocycles. The number of alkyl halides is 2. The Morgan fingerprint density at radius 2 is 2.14 bits per heavy atom. The van der Waals surface area contributed by atoms with Crippen molar-refractivity contribution >= 4 is 38.9 Å². The van der Waals surface area contributed by atoms with Gasteiger partial charge in [0.15, 0.2) is 0 Å². The Morgan fingerprint density at radius 1 is 1.38 bits per heavy atom. The molecule has 1 unspecified atom stereocenters. The second-order valence-corrected chi connectivity index (χ2v) is 6.98. The van der Waals surface area contributed by atoms with E-state index in [4.69, 9.17) is 11.6 Å². The molecular formula is C14H13BrClF2NOS. The maximum atomic E-state index is 12.2. The summed E-state index contributed by atoms with van der Waals surface area (Å²) in [5.41, 5.74) is 0.884. The van der Waals surface area contributed by atoms with Crippen LogP contribution in [0.3, 0.4) is 0 Å². The SMILES string of the molecule is CC(NCc1cc(Br)c(Cl)s1)c1cccc(OC(F)F)c1. The molecule has 2 rings (SSSR count). The third-order valence-electron chi connectivity index (χ3n) is 2.86. The van der Waals surface area contributed by atoms with E-state index in [1.807, 2.05) is 19.1 Å². The molecule has 1 heterocycles. The topological polar surface area (TPSA) is 21.3 Å². The van der Waals surface area contributed by atoms with Crippen LogP contribution >= 0.6 is 38.9 Å². The van der Waals surface area contributed by atoms with E-state index in [-0.39, 0.29) is 11.8 Å². The van der Waals surface area contributed by atoms with Crippen LogP contribution in [-0.4, -0.2) is 6.61 Å². The summed E-state index contributed by atoms with van der Waals surface area (Å²) in [6, 6.07) is 8.66. The van der Waals surface area contributed by atoms with Crippen molar-refractivity contribution in [1.29, 1.82) is 0 Å². The molecule has 7 heteroatoms. The lowest BCUT2D eigenvalue weighted by atomic mass is 10.1. The lowest BCUT2D eigenvalue weighted by Gasteiger charge is -2.15. The van der Waals surface area contributed by atoms with Gasteiger partial charge in [-0.25, -0.2) is 0 Å². The number of benzene rings is 1. The molecule has 1 atom stereocenters. The van der Waals surface area contributed by atoms with Crippen molar-refractivity contribution in [2.24, 2.45) is 0 Å². The lowest BCUT2D eigenvalue weighted by Crippen LogP contribution is -2.17. The molecule has 0 aliphatic carbocycles. The fraction of sp³-hybridized carbons (Fsp3) is 0.286. The predicted molar refractivity (Wildman–Crippen MR) is 85.4 cm³/mol. The lowest BCUT2D eigenvalue weighted by molar-refractivity contribution is -0.0499. The summed E-state index contributed by atoms with van der Waals surface area (Å²) in [7, 11) is 0. The normalized spacial score (nSPS) is 12.7. The van der Waals surface area contributed by atoms with Gasteiger partial charge < -0.3 is 10.1 Å². The molecule has 2 nitrogen and oxygen atoms in total. The van der Waals surface area contributed by atoms with Crippen molar-refractivity contribution in [2.45, 2.75) is 26.1 Å². The highest BCUT2D eigenvalue weighted by Gasteiger charge is 2.10. The summed E-state index contributed by atoms with van der Waals surface area (Å²) in [5.74, 6) is 0.165. The quantitative estimate of drug-likeness (QED) is 0.684. The van der Waals surface area contributed by atoms with E-state index in [0.29, 0.717) is 10.9 Å². The Hall–Kier alpha value is -0.690. The Morgan fingerprint density at radius 3 is 2.76 bits per heavy atom. The molecule has 0 bridgehead atoms. The van der Waals surface area contributed by atoms with Crippen molar-refractivity contribution in [2.75, 3.05) is 0 Å². The van der Waals surface area contributed by atoms with Crippen LogP contribution in [0.25, 0.3) is 0 Å². The number of hydrogen-bond acceptors (Lipinski definition) is 3. The van der Waals surface area contributed by atoms with Crippen LogP contribution in [0.15, 0.2) is 34.8 Å². The van der Waals surface area contributed by atoms with Crippen LogP contribution in [0.1, 0.15) is 23.4 Å². The smallest absolute Gasteiger partial charge is 0.387 e. The zero-order chi connectivity index (χ0) is 15.4. The molecule has 1 aromatic heterocycles. The van der Waals surface area contributed by atoms with Gasteiger partial charge in [0.25, 0.3) is 0 Å². The van der Waals surface area contributed by atoms with Crippen LogP contribution in [0.5, 0.6) is 5.75 Å². The molecular weight excluding hydrogens is 384 g/mol. The maximum absolute atomic E-state index is 12.2. The average molecular weight is 397 g/mol. The van der Waals surface area contributed by atoms with Crippen LogP contribution in [-0.2, 0) is 6.54 Å². The molecule has 114 valence electrons. The maximum Gasteiger partial charge on any atom is 0.387 e. The number of thiophene rings is 1. The fourth-order valence-electron chi connectivity index (χ4n) is 1.81. The number of rotatable bonds is 6. The van der Waals surface area contributed by atoms with Gasteiger partial charge in [0.2, 0.25) is 0 Å². The zero-order valence-corrected chi connectivity index (χ0v) is 14.2. The van der Waals surface area contributed by atoms with Crippen LogP contribution in [0.4, 0.5) is 8.78 Å². The Bertz CT molecular complexity index is 589. The van der Waals surface area contributed by atoms with E-state index < -0.39 is 6.61 Å². The van der Waals surface area contributed by atoms with E-state index in [1.54, 1.807) is 12.1 Å². The van der Waals surface area contributed by atoms with Gasteiger partial charge in [-0.05, 0) is 46.6 Å². The summed E-state index contributed by atoms with van der Waals surface area (Å²) in [5, 5.41) is 3.32. The fourth-order valence-corrected chi connectivity index (χ4v) is 3.55. The first kappa shape index (κ1) is 16.7. The second kappa shape index (κ2) is 7.54. The molecule has 2 aromatic rings. The minimum absolute atomic E-state index is 0.00544. The zero-order valence-electron chi connectivity index (χ0n) is 11.1. The van der Waals surface area contributed by atoms with Crippen molar-refractivity contribution in [3.63, 3.8) is 0 Å². The molecule has 0 aliphatic rings. The van der Waals surface area contributed by atoms with E-state index in [9.17, 15) is 8.78 Å². The first-order valence-corrected chi connectivity index (χ1v) is 8.16. The third-order valence-corrected chi connectivity index (χ3v) is 5.34. The molecule has 0 radical (unpaired) electrons. The van der Waals surface area contributed by atoms with Gasteiger partial charge in [-0.1, -0.05) is 23.7 Å². The second-order valence-electron chi connectivity index (χ2n) is 4.39. The number of halogens is 4. The average Bonchev–Trinajstić information content (AvgIpc) is 2.75. The van der Waals surface area contributed by atoms with E-state index in [2.05, 4.69) is 26.0 Å². The van der Waals surface area contributed by atoms with Gasteiger partial charge in [0.05, 0.1) is 0 Å². The summed E-state index contributed by atoms with van der Waals surface area (Å²) < 4.78 is 30.4. The molecule has 21 heavy (non-hydrogen) atoms. The van der Waals surface area contributed by atoms with Crippen LogP contribution in [0.2, 0.25) is 4.34 Å². The largest absolute Gasteiger partial charge is 0.435 e. The Labute approximate surface area is 139 Å². The summed E-state index contributed by atoms with van der Waals surface area (Å²) in [6.07, 6.45) is 0. The molecule has 0 aliphatic heterocycles. The van der Waals surface area contributed by atoms with Crippen molar-refractivity contribution in [3.05, 3.63) is 49.6 Å². The van der Waals surface area contributed by atoms with Gasteiger partial charge in [0.1, 0.15) is 10.1 Å². The molecule has 1 N–H and O–H groups in total. The van der Waals surface area contributed by atoms with Gasteiger partial charge in [-0.3, -0.25) is 0 Å². The minimum atomic E-state index is -2.81. The van der Waals surface area contributed by atoms with Crippen LogP contribution < -0.4 is 10.1 Å². The highest BCUT2D eigenvalue weighted by molar-refractivity contribution is 9.10. The van der Waals surface area contributed by atoms with Crippen molar-refractivity contribution in [3.8, 4) is 5.75 Å². The Balaban J connectivity index is 1.98. The summed E-state index contributed by atoms with van der Waals surface area (Å²) in [6.45, 7) is -0.197.